The molecule has 2 atom stereocenters. The van der Waals surface area contributed by atoms with Crippen LogP contribution in [0.1, 0.15) is 46.5 Å². The highest BCUT2D eigenvalue weighted by atomic mass is 32.2. The quantitative estimate of drug-likeness (QED) is 0.774. The van der Waals surface area contributed by atoms with E-state index in [2.05, 4.69) is 30.1 Å². The Kier molecular flexibility index (Phi) is 5.64. The first kappa shape index (κ1) is 13.9. The smallest absolute Gasteiger partial charge is 0.0684 e. The maximum Gasteiger partial charge on any atom is 0.0684 e. The van der Waals surface area contributed by atoms with Gasteiger partial charge in [-0.2, -0.15) is 17.0 Å². The molecule has 0 radical (unpaired) electrons. The fraction of sp³-hybridized carbons (Fsp3) is 0.923. The monoisotopic (exact) mass is 240 g/mol. The van der Waals surface area contributed by atoms with Crippen LogP contribution in [0.4, 0.5) is 0 Å². The van der Waals surface area contributed by atoms with E-state index in [1.165, 1.54) is 25.0 Å². The molecule has 2 unspecified atom stereocenters. The van der Waals surface area contributed by atoms with Gasteiger partial charge in [0, 0.05) is 11.3 Å². The molecule has 0 aromatic rings. The molecule has 1 fully saturated rings. The fourth-order valence-corrected chi connectivity index (χ4v) is 3.30. The summed E-state index contributed by atoms with van der Waals surface area (Å²) in [5.41, 5.74) is -0.177. The maximum atomic E-state index is 8.92. The summed E-state index contributed by atoms with van der Waals surface area (Å²) in [6.45, 7) is 7.24. The van der Waals surface area contributed by atoms with Crippen molar-refractivity contribution in [1.29, 1.82) is 5.26 Å². The number of thioether (sulfide) groups is 1. The molecule has 0 aliphatic heterocycles. The standard InChI is InChI=1S/C13H24N2S/c1-4-16-12-6-5-11(9-12)15-8-7-13(2,3)10-14/h11-12,15H,4-9H2,1-3H3. The van der Waals surface area contributed by atoms with Crippen molar-refractivity contribution >= 4 is 11.8 Å². The van der Waals surface area contributed by atoms with Crippen molar-refractivity contribution < 1.29 is 0 Å². The molecule has 0 spiro atoms. The van der Waals surface area contributed by atoms with Gasteiger partial charge in [0.15, 0.2) is 0 Å². The number of nitrogens with zero attached hydrogens (tertiary/aromatic N) is 1. The summed E-state index contributed by atoms with van der Waals surface area (Å²) in [7, 11) is 0. The van der Waals surface area contributed by atoms with Gasteiger partial charge >= 0.3 is 0 Å². The lowest BCUT2D eigenvalue weighted by Crippen LogP contribution is -2.30. The summed E-state index contributed by atoms with van der Waals surface area (Å²) in [6, 6.07) is 3.04. The minimum Gasteiger partial charge on any atom is -0.314 e. The summed E-state index contributed by atoms with van der Waals surface area (Å²) in [5.74, 6) is 1.23. The number of hydrogen-bond acceptors (Lipinski definition) is 3. The second-order valence-electron chi connectivity index (χ2n) is 5.29. The van der Waals surface area contributed by atoms with E-state index in [9.17, 15) is 0 Å². The van der Waals surface area contributed by atoms with Crippen molar-refractivity contribution in [1.82, 2.24) is 5.32 Å². The molecular formula is C13H24N2S. The van der Waals surface area contributed by atoms with Gasteiger partial charge in [-0.05, 0) is 51.8 Å². The van der Waals surface area contributed by atoms with Crippen molar-refractivity contribution in [2.75, 3.05) is 12.3 Å². The summed E-state index contributed by atoms with van der Waals surface area (Å²) < 4.78 is 0. The third-order valence-corrected chi connectivity index (χ3v) is 4.51. The molecule has 1 saturated carbocycles. The van der Waals surface area contributed by atoms with Gasteiger partial charge in [0.2, 0.25) is 0 Å². The molecule has 2 nitrogen and oxygen atoms in total. The van der Waals surface area contributed by atoms with E-state index in [4.69, 9.17) is 5.26 Å². The van der Waals surface area contributed by atoms with Crippen LogP contribution in [-0.2, 0) is 0 Å². The van der Waals surface area contributed by atoms with Crippen LogP contribution in [0.5, 0.6) is 0 Å². The predicted octanol–water partition coefficient (Wildman–Crippen LogP) is 3.19. The first-order valence-corrected chi connectivity index (χ1v) is 7.38. The van der Waals surface area contributed by atoms with Gasteiger partial charge < -0.3 is 5.32 Å². The van der Waals surface area contributed by atoms with E-state index >= 15 is 0 Å². The van der Waals surface area contributed by atoms with Crippen LogP contribution < -0.4 is 5.32 Å². The molecule has 0 heterocycles. The molecule has 0 amide bonds. The highest BCUT2D eigenvalue weighted by Gasteiger charge is 2.24. The Morgan fingerprint density at radius 1 is 1.44 bits per heavy atom. The molecule has 3 heteroatoms. The minimum absolute atomic E-state index is 0.177. The highest BCUT2D eigenvalue weighted by molar-refractivity contribution is 7.99. The summed E-state index contributed by atoms with van der Waals surface area (Å²) in [4.78, 5) is 0. The number of nitriles is 1. The zero-order valence-electron chi connectivity index (χ0n) is 10.8. The lowest BCUT2D eigenvalue weighted by molar-refractivity contribution is 0.408. The van der Waals surface area contributed by atoms with E-state index in [-0.39, 0.29) is 5.41 Å². The first-order valence-electron chi connectivity index (χ1n) is 6.33. The molecule has 92 valence electrons. The molecule has 1 N–H and O–H groups in total. The first-order chi connectivity index (χ1) is 7.57. The van der Waals surface area contributed by atoms with Gasteiger partial charge in [-0.25, -0.2) is 0 Å². The van der Waals surface area contributed by atoms with Crippen LogP contribution in [0.15, 0.2) is 0 Å². The average Bonchev–Trinajstić information content (AvgIpc) is 2.66. The molecule has 0 bridgehead atoms. The van der Waals surface area contributed by atoms with E-state index < -0.39 is 0 Å². The molecular weight excluding hydrogens is 216 g/mol. The summed E-state index contributed by atoms with van der Waals surface area (Å²) in [6.07, 6.45) is 4.93. The number of hydrogen-bond donors (Lipinski definition) is 1. The lowest BCUT2D eigenvalue weighted by Gasteiger charge is -2.18. The van der Waals surface area contributed by atoms with Crippen LogP contribution in [0.25, 0.3) is 0 Å². The van der Waals surface area contributed by atoms with Crippen LogP contribution >= 0.6 is 11.8 Å². The Morgan fingerprint density at radius 2 is 2.19 bits per heavy atom. The zero-order valence-corrected chi connectivity index (χ0v) is 11.6. The van der Waals surface area contributed by atoms with Crippen molar-refractivity contribution in [3.05, 3.63) is 0 Å². The maximum absolute atomic E-state index is 8.92. The normalized spacial score (nSPS) is 25.6. The number of nitrogens with one attached hydrogen (secondary N) is 1. The molecule has 0 aromatic heterocycles. The van der Waals surface area contributed by atoms with Crippen molar-refractivity contribution in [3.63, 3.8) is 0 Å². The molecule has 1 aliphatic carbocycles. The van der Waals surface area contributed by atoms with Gasteiger partial charge in [0.1, 0.15) is 0 Å². The SMILES string of the molecule is CCSC1CCC(NCCC(C)(C)C#N)C1. The Hall–Kier alpha value is -0.200. The molecule has 16 heavy (non-hydrogen) atoms. The van der Waals surface area contributed by atoms with Crippen LogP contribution in [0.3, 0.4) is 0 Å². The zero-order chi connectivity index (χ0) is 12.0. The van der Waals surface area contributed by atoms with E-state index in [0.717, 1.165) is 18.2 Å². The van der Waals surface area contributed by atoms with Gasteiger partial charge in [-0.15, -0.1) is 0 Å². The largest absolute Gasteiger partial charge is 0.314 e. The van der Waals surface area contributed by atoms with Gasteiger partial charge in [-0.1, -0.05) is 6.92 Å². The predicted molar refractivity (Wildman–Crippen MR) is 71.6 cm³/mol. The van der Waals surface area contributed by atoms with E-state index in [1.807, 2.05) is 13.8 Å². The molecule has 0 aromatic carbocycles. The number of rotatable bonds is 6. The topological polar surface area (TPSA) is 35.8 Å². The second kappa shape index (κ2) is 6.51. The van der Waals surface area contributed by atoms with Gasteiger partial charge in [-0.3, -0.25) is 0 Å². The highest BCUT2D eigenvalue weighted by Crippen LogP contribution is 2.29. The molecule has 1 aliphatic rings. The second-order valence-corrected chi connectivity index (χ2v) is 6.86. The fourth-order valence-electron chi connectivity index (χ4n) is 2.16. The van der Waals surface area contributed by atoms with Crippen LogP contribution in [0.2, 0.25) is 0 Å². The third-order valence-electron chi connectivity index (χ3n) is 3.27. The van der Waals surface area contributed by atoms with Crippen molar-refractivity contribution in [2.45, 2.75) is 57.7 Å². The van der Waals surface area contributed by atoms with E-state index in [1.54, 1.807) is 0 Å². The van der Waals surface area contributed by atoms with Crippen molar-refractivity contribution in [2.24, 2.45) is 5.41 Å². The lowest BCUT2D eigenvalue weighted by atomic mass is 9.91. The molecule has 0 saturated heterocycles. The Labute approximate surface area is 104 Å². The minimum atomic E-state index is -0.177. The molecule has 1 rings (SSSR count). The van der Waals surface area contributed by atoms with Gasteiger partial charge in [0.25, 0.3) is 0 Å². The van der Waals surface area contributed by atoms with Gasteiger partial charge in [0.05, 0.1) is 11.5 Å². The summed E-state index contributed by atoms with van der Waals surface area (Å²) in [5, 5.41) is 13.4. The van der Waals surface area contributed by atoms with E-state index in [0.29, 0.717) is 6.04 Å². The Bertz CT molecular complexity index is 245. The van der Waals surface area contributed by atoms with Crippen LogP contribution in [-0.4, -0.2) is 23.6 Å². The van der Waals surface area contributed by atoms with Crippen LogP contribution in [0, 0.1) is 16.7 Å². The Balaban J connectivity index is 2.14. The third kappa shape index (κ3) is 4.76. The summed E-state index contributed by atoms with van der Waals surface area (Å²) >= 11 is 2.09. The Morgan fingerprint density at radius 3 is 2.81 bits per heavy atom. The van der Waals surface area contributed by atoms with Crippen molar-refractivity contribution in [3.8, 4) is 6.07 Å². The average molecular weight is 240 g/mol.